The highest BCUT2D eigenvalue weighted by Gasteiger charge is 2.23. The third-order valence-electron chi connectivity index (χ3n) is 2.70. The van der Waals surface area contributed by atoms with E-state index in [0.717, 1.165) is 13.1 Å². The van der Waals surface area contributed by atoms with Crippen LogP contribution in [0.1, 0.15) is 41.5 Å². The summed E-state index contributed by atoms with van der Waals surface area (Å²) in [6.45, 7) is 14.4. The van der Waals surface area contributed by atoms with E-state index in [4.69, 9.17) is 0 Å². The van der Waals surface area contributed by atoms with Gasteiger partial charge in [-0.25, -0.2) is 4.79 Å². The van der Waals surface area contributed by atoms with Crippen molar-refractivity contribution in [3.05, 3.63) is 0 Å². The third-order valence-corrected chi connectivity index (χ3v) is 2.70. The number of hydrogen-bond donors (Lipinski definition) is 2. The van der Waals surface area contributed by atoms with Crippen molar-refractivity contribution >= 4 is 11.9 Å². The lowest BCUT2D eigenvalue weighted by molar-refractivity contribution is -0.125. The van der Waals surface area contributed by atoms with Crippen LogP contribution >= 0.6 is 0 Å². The monoisotopic (exact) mass is 271 g/mol. The highest BCUT2D eigenvalue weighted by Crippen LogP contribution is 2.08. The van der Waals surface area contributed by atoms with E-state index in [1.165, 1.54) is 0 Å². The Morgan fingerprint density at radius 1 is 1.00 bits per heavy atom. The molecule has 0 radical (unpaired) electrons. The summed E-state index contributed by atoms with van der Waals surface area (Å²) in [6, 6.07) is -0.721. The van der Waals surface area contributed by atoms with Crippen LogP contribution in [-0.2, 0) is 4.79 Å². The van der Waals surface area contributed by atoms with Crippen molar-refractivity contribution < 1.29 is 9.59 Å². The van der Waals surface area contributed by atoms with E-state index in [9.17, 15) is 9.59 Å². The Balaban J connectivity index is 4.54. The zero-order valence-corrected chi connectivity index (χ0v) is 13.1. The first-order valence-corrected chi connectivity index (χ1v) is 7.10. The molecule has 0 fully saturated rings. The van der Waals surface area contributed by atoms with Gasteiger partial charge in [0.15, 0.2) is 0 Å². The number of rotatable bonds is 7. The van der Waals surface area contributed by atoms with Crippen LogP contribution in [0.4, 0.5) is 4.79 Å². The van der Waals surface area contributed by atoms with Gasteiger partial charge < -0.3 is 5.32 Å². The summed E-state index contributed by atoms with van der Waals surface area (Å²) in [6.07, 6.45) is 0. The molecule has 0 saturated carbocycles. The van der Waals surface area contributed by atoms with Crippen molar-refractivity contribution in [2.75, 3.05) is 19.6 Å². The average Bonchev–Trinajstić information content (AvgIpc) is 2.25. The lowest BCUT2D eigenvalue weighted by Crippen LogP contribution is -2.51. The van der Waals surface area contributed by atoms with Gasteiger partial charge in [-0.1, -0.05) is 27.7 Å². The highest BCUT2D eigenvalue weighted by molar-refractivity contribution is 5.96. The molecule has 0 aliphatic rings. The van der Waals surface area contributed by atoms with E-state index in [1.807, 2.05) is 13.8 Å². The Kier molecular flexibility index (Phi) is 8.39. The van der Waals surface area contributed by atoms with Gasteiger partial charge in [0.25, 0.3) is 0 Å². The molecule has 2 N–H and O–H groups in total. The third kappa shape index (κ3) is 7.82. The molecule has 0 aliphatic carbocycles. The molecule has 0 aromatic rings. The van der Waals surface area contributed by atoms with Gasteiger partial charge in [0.1, 0.15) is 0 Å². The molecule has 5 heteroatoms. The van der Waals surface area contributed by atoms with Crippen molar-refractivity contribution in [2.24, 2.45) is 11.8 Å². The summed E-state index contributed by atoms with van der Waals surface area (Å²) >= 11 is 0. The molecule has 19 heavy (non-hydrogen) atoms. The van der Waals surface area contributed by atoms with Crippen LogP contribution in [-0.4, -0.2) is 42.5 Å². The highest BCUT2D eigenvalue weighted by atomic mass is 16.2. The lowest BCUT2D eigenvalue weighted by atomic mass is 10.1. The smallest absolute Gasteiger partial charge is 0.321 e. The maximum absolute atomic E-state index is 12.0. The standard InChI is InChI=1S/C14H29N3O2/c1-7-15-14(19)16-13(18)12(6)17(8-10(2)3)9-11(4)5/h10-12H,7-9H2,1-6H3,(H2,15,16,18,19). The summed E-state index contributed by atoms with van der Waals surface area (Å²) in [7, 11) is 0. The lowest BCUT2D eigenvalue weighted by Gasteiger charge is -2.31. The Morgan fingerprint density at radius 3 is 1.84 bits per heavy atom. The number of imide groups is 1. The van der Waals surface area contributed by atoms with Crippen molar-refractivity contribution in [1.29, 1.82) is 0 Å². The zero-order valence-electron chi connectivity index (χ0n) is 13.1. The molecule has 5 nitrogen and oxygen atoms in total. The predicted octanol–water partition coefficient (Wildman–Crippen LogP) is 1.83. The first-order chi connectivity index (χ1) is 8.77. The molecule has 0 heterocycles. The van der Waals surface area contributed by atoms with Crippen LogP contribution in [0.5, 0.6) is 0 Å². The van der Waals surface area contributed by atoms with E-state index in [0.29, 0.717) is 18.4 Å². The Morgan fingerprint density at radius 2 is 1.47 bits per heavy atom. The molecule has 3 amide bonds. The summed E-state index contributed by atoms with van der Waals surface area (Å²) in [5.41, 5.74) is 0. The molecule has 0 saturated heterocycles. The maximum atomic E-state index is 12.0. The minimum Gasteiger partial charge on any atom is -0.338 e. The van der Waals surface area contributed by atoms with Gasteiger partial charge in [0.05, 0.1) is 6.04 Å². The second-order valence-corrected chi connectivity index (χ2v) is 5.77. The van der Waals surface area contributed by atoms with Crippen LogP contribution in [0.25, 0.3) is 0 Å². The Labute approximate surface area is 117 Å². The molecule has 0 aromatic heterocycles. The summed E-state index contributed by atoms with van der Waals surface area (Å²) in [5, 5.41) is 4.94. The van der Waals surface area contributed by atoms with Crippen molar-refractivity contribution in [3.63, 3.8) is 0 Å². The molecule has 0 bridgehead atoms. The minimum atomic E-state index is -0.423. The van der Waals surface area contributed by atoms with Crippen LogP contribution in [0.15, 0.2) is 0 Å². The van der Waals surface area contributed by atoms with Crippen LogP contribution in [0.2, 0.25) is 0 Å². The zero-order chi connectivity index (χ0) is 15.0. The van der Waals surface area contributed by atoms with E-state index in [2.05, 4.69) is 43.2 Å². The average molecular weight is 271 g/mol. The molecule has 112 valence electrons. The van der Waals surface area contributed by atoms with Crippen molar-refractivity contribution in [1.82, 2.24) is 15.5 Å². The van der Waals surface area contributed by atoms with Crippen molar-refractivity contribution in [3.8, 4) is 0 Å². The summed E-state index contributed by atoms with van der Waals surface area (Å²) < 4.78 is 0. The molecule has 0 aliphatic heterocycles. The molecule has 0 aromatic carbocycles. The van der Waals surface area contributed by atoms with Gasteiger partial charge in [-0.15, -0.1) is 0 Å². The number of hydrogen-bond acceptors (Lipinski definition) is 3. The number of urea groups is 1. The normalized spacial score (nSPS) is 12.9. The van der Waals surface area contributed by atoms with Gasteiger partial charge in [-0.05, 0) is 25.7 Å². The van der Waals surface area contributed by atoms with E-state index in [1.54, 1.807) is 0 Å². The SMILES string of the molecule is CCNC(=O)NC(=O)C(C)N(CC(C)C)CC(C)C. The van der Waals surface area contributed by atoms with E-state index in [-0.39, 0.29) is 11.9 Å². The van der Waals surface area contributed by atoms with Gasteiger partial charge >= 0.3 is 6.03 Å². The van der Waals surface area contributed by atoms with Crippen molar-refractivity contribution in [2.45, 2.75) is 47.6 Å². The van der Waals surface area contributed by atoms with Gasteiger partial charge in [0.2, 0.25) is 5.91 Å². The van der Waals surface area contributed by atoms with Gasteiger partial charge in [-0.2, -0.15) is 0 Å². The second kappa shape index (κ2) is 8.91. The fourth-order valence-electron chi connectivity index (χ4n) is 1.92. The summed E-state index contributed by atoms with van der Waals surface area (Å²) in [5.74, 6) is 0.726. The fourth-order valence-corrected chi connectivity index (χ4v) is 1.92. The minimum absolute atomic E-state index is 0.243. The fraction of sp³-hybridized carbons (Fsp3) is 0.857. The Hall–Kier alpha value is -1.10. The van der Waals surface area contributed by atoms with E-state index >= 15 is 0 Å². The first kappa shape index (κ1) is 17.9. The summed E-state index contributed by atoms with van der Waals surface area (Å²) in [4.78, 5) is 25.5. The van der Waals surface area contributed by atoms with E-state index < -0.39 is 6.03 Å². The molecular formula is C14H29N3O2. The number of carbonyl (C=O) groups is 2. The first-order valence-electron chi connectivity index (χ1n) is 7.10. The molecular weight excluding hydrogens is 242 g/mol. The number of amides is 3. The maximum Gasteiger partial charge on any atom is 0.321 e. The Bertz CT molecular complexity index is 280. The predicted molar refractivity (Wildman–Crippen MR) is 77.9 cm³/mol. The molecule has 1 atom stereocenters. The number of nitrogens with zero attached hydrogens (tertiary/aromatic N) is 1. The molecule has 0 rings (SSSR count). The number of nitrogens with one attached hydrogen (secondary N) is 2. The van der Waals surface area contributed by atoms with Gasteiger partial charge in [0, 0.05) is 19.6 Å². The van der Waals surface area contributed by atoms with Crippen LogP contribution in [0.3, 0.4) is 0 Å². The molecule has 0 spiro atoms. The van der Waals surface area contributed by atoms with Gasteiger partial charge in [-0.3, -0.25) is 15.0 Å². The quantitative estimate of drug-likeness (QED) is 0.742. The second-order valence-electron chi connectivity index (χ2n) is 5.77. The topological polar surface area (TPSA) is 61.4 Å². The number of carbonyl (C=O) groups excluding carboxylic acids is 2. The van der Waals surface area contributed by atoms with Crippen LogP contribution < -0.4 is 10.6 Å². The molecule has 1 unspecified atom stereocenters. The largest absolute Gasteiger partial charge is 0.338 e. The van der Waals surface area contributed by atoms with Crippen LogP contribution in [0, 0.1) is 11.8 Å².